The number of rotatable bonds is 3. The fourth-order valence-corrected chi connectivity index (χ4v) is 4.81. The Kier molecular flexibility index (Phi) is 4.56. The van der Waals surface area contributed by atoms with Crippen molar-refractivity contribution in [1.82, 2.24) is 14.5 Å². The molecule has 0 aliphatic carbocycles. The number of aryl methyl sites for hydroxylation is 1. The van der Waals surface area contributed by atoms with E-state index in [1.165, 1.54) is 17.5 Å². The summed E-state index contributed by atoms with van der Waals surface area (Å²) in [5.74, 6) is 1.11. The number of benzene rings is 1. The van der Waals surface area contributed by atoms with Crippen LogP contribution < -0.4 is 20.7 Å². The monoisotopic (exact) mass is 432 g/mol. The Bertz CT molecular complexity index is 1490. The number of thiophene rings is 1. The minimum Gasteiger partial charge on any atom is -0.497 e. The zero-order chi connectivity index (χ0) is 21.5. The highest BCUT2D eigenvalue weighted by molar-refractivity contribution is 7.22. The van der Waals surface area contributed by atoms with Crippen molar-refractivity contribution in [3.63, 3.8) is 0 Å². The summed E-state index contributed by atoms with van der Waals surface area (Å²) >= 11 is 1.21. The minimum absolute atomic E-state index is 0.333. The zero-order valence-electron chi connectivity index (χ0n) is 16.5. The first-order valence-electron chi connectivity index (χ1n) is 9.58. The smallest absolute Gasteiger partial charge is 0.333 e. The molecule has 0 saturated heterocycles. The van der Waals surface area contributed by atoms with Crippen LogP contribution in [0.4, 0.5) is 0 Å². The molecular formula is C22H16N4O4S. The molecule has 4 heterocycles. The first kappa shape index (κ1) is 19.1. The average Bonchev–Trinajstić information content (AvgIpc) is 3.23. The van der Waals surface area contributed by atoms with Crippen LogP contribution in [0.3, 0.4) is 0 Å². The molecule has 9 heteroatoms. The summed E-state index contributed by atoms with van der Waals surface area (Å²) in [6.07, 6.45) is 4.81. The molecule has 154 valence electrons. The number of aromatic nitrogens is 3. The van der Waals surface area contributed by atoms with Crippen LogP contribution in [-0.2, 0) is 6.42 Å². The highest BCUT2D eigenvalue weighted by Crippen LogP contribution is 2.35. The van der Waals surface area contributed by atoms with E-state index in [0.717, 1.165) is 23.0 Å². The number of H-pyrrole nitrogens is 1. The van der Waals surface area contributed by atoms with Gasteiger partial charge in [0.05, 0.1) is 37.1 Å². The molecule has 0 fully saturated rings. The van der Waals surface area contributed by atoms with Crippen LogP contribution in [0.1, 0.15) is 17.5 Å². The molecule has 0 unspecified atom stereocenters. The van der Waals surface area contributed by atoms with Crippen LogP contribution in [0.5, 0.6) is 11.5 Å². The lowest BCUT2D eigenvalue weighted by Gasteiger charge is -2.19. The van der Waals surface area contributed by atoms with Crippen LogP contribution in [-0.4, -0.2) is 28.3 Å². The van der Waals surface area contributed by atoms with Gasteiger partial charge in [-0.25, -0.2) is 9.36 Å². The number of fused-ring (bicyclic) bond motifs is 2. The maximum Gasteiger partial charge on any atom is 0.333 e. The first-order chi connectivity index (χ1) is 15.1. The number of pyridine rings is 1. The van der Waals surface area contributed by atoms with Crippen LogP contribution >= 0.6 is 11.3 Å². The second-order valence-corrected chi connectivity index (χ2v) is 8.10. The zero-order valence-corrected chi connectivity index (χ0v) is 17.3. The number of hydrogen-bond acceptors (Lipinski definition) is 7. The number of aromatic amines is 1. The number of hydrogen-bond donors (Lipinski definition) is 1. The number of ether oxygens (including phenoxy) is 2. The van der Waals surface area contributed by atoms with Gasteiger partial charge in [-0.2, -0.15) is 5.26 Å². The van der Waals surface area contributed by atoms with Crippen molar-refractivity contribution in [3.8, 4) is 33.7 Å². The number of nitrogens with one attached hydrogen (secondary N) is 1. The van der Waals surface area contributed by atoms with E-state index in [0.29, 0.717) is 50.0 Å². The molecule has 1 aromatic carbocycles. The maximum absolute atomic E-state index is 13.3. The molecule has 0 radical (unpaired) electrons. The molecule has 0 spiro atoms. The van der Waals surface area contributed by atoms with E-state index >= 15 is 0 Å². The molecule has 0 bridgehead atoms. The third-order valence-corrected chi connectivity index (χ3v) is 6.37. The Labute approximate surface area is 179 Å². The van der Waals surface area contributed by atoms with Gasteiger partial charge in [0.2, 0.25) is 0 Å². The molecule has 0 saturated carbocycles. The molecular weight excluding hydrogens is 416 g/mol. The van der Waals surface area contributed by atoms with Crippen molar-refractivity contribution in [3.05, 3.63) is 68.6 Å². The second kappa shape index (κ2) is 7.41. The third kappa shape index (κ3) is 3.08. The van der Waals surface area contributed by atoms with E-state index in [2.05, 4.69) is 16.0 Å². The van der Waals surface area contributed by atoms with Crippen molar-refractivity contribution in [2.45, 2.75) is 12.8 Å². The van der Waals surface area contributed by atoms with Crippen molar-refractivity contribution in [2.75, 3.05) is 13.7 Å². The molecule has 0 atom stereocenters. The van der Waals surface area contributed by atoms with Crippen LogP contribution in [0.15, 0.2) is 46.2 Å². The molecule has 4 aromatic rings. The lowest BCUT2D eigenvalue weighted by molar-refractivity contribution is 0.286. The van der Waals surface area contributed by atoms with E-state index in [1.807, 2.05) is 0 Å². The van der Waals surface area contributed by atoms with Gasteiger partial charge in [0.1, 0.15) is 21.9 Å². The van der Waals surface area contributed by atoms with Gasteiger partial charge >= 0.3 is 5.69 Å². The lowest BCUT2D eigenvalue weighted by atomic mass is 10.1. The van der Waals surface area contributed by atoms with Crippen molar-refractivity contribution in [2.24, 2.45) is 0 Å². The molecule has 31 heavy (non-hydrogen) atoms. The standard InChI is InChI=1S/C22H16N4O4S/c1-29-14-5-4-12(9-23)15(7-14)18-8-16-20(31-18)21(27)26(22(28)25-16)17-11-24-10-13-3-2-6-30-19(13)17/h4-5,7-8,10-11H,2-3,6H2,1H3,(H,25,28). The van der Waals surface area contributed by atoms with Crippen LogP contribution in [0.2, 0.25) is 0 Å². The summed E-state index contributed by atoms with van der Waals surface area (Å²) in [4.78, 5) is 33.9. The predicted molar refractivity (Wildman–Crippen MR) is 116 cm³/mol. The van der Waals surface area contributed by atoms with Crippen molar-refractivity contribution < 1.29 is 9.47 Å². The summed E-state index contributed by atoms with van der Waals surface area (Å²) in [6.45, 7) is 0.523. The Hall–Kier alpha value is -3.90. The highest BCUT2D eigenvalue weighted by atomic mass is 32.1. The van der Waals surface area contributed by atoms with Crippen LogP contribution in [0, 0.1) is 11.3 Å². The Morgan fingerprint density at radius 2 is 2.16 bits per heavy atom. The van der Waals surface area contributed by atoms with Gasteiger partial charge in [-0.3, -0.25) is 9.78 Å². The third-order valence-electron chi connectivity index (χ3n) is 5.22. The minimum atomic E-state index is -0.572. The van der Waals surface area contributed by atoms with E-state index < -0.39 is 11.2 Å². The summed E-state index contributed by atoms with van der Waals surface area (Å²) in [5.41, 5.74) is 1.67. The Morgan fingerprint density at radius 3 is 2.97 bits per heavy atom. The molecule has 1 aliphatic rings. The Balaban J connectivity index is 1.74. The summed E-state index contributed by atoms with van der Waals surface area (Å²) in [7, 11) is 1.54. The van der Waals surface area contributed by atoms with Crippen molar-refractivity contribution in [1.29, 1.82) is 5.26 Å². The largest absolute Gasteiger partial charge is 0.497 e. The number of nitriles is 1. The van der Waals surface area contributed by atoms with E-state index in [9.17, 15) is 14.9 Å². The van der Waals surface area contributed by atoms with Gasteiger partial charge in [0, 0.05) is 22.2 Å². The highest BCUT2D eigenvalue weighted by Gasteiger charge is 2.21. The van der Waals surface area contributed by atoms with E-state index in [-0.39, 0.29) is 0 Å². The molecule has 1 aliphatic heterocycles. The predicted octanol–water partition coefficient (Wildman–Crippen LogP) is 3.01. The Morgan fingerprint density at radius 1 is 1.29 bits per heavy atom. The van der Waals surface area contributed by atoms with Crippen molar-refractivity contribution >= 4 is 21.6 Å². The van der Waals surface area contributed by atoms with Gasteiger partial charge in [0.15, 0.2) is 0 Å². The fourth-order valence-electron chi connectivity index (χ4n) is 3.73. The van der Waals surface area contributed by atoms with Gasteiger partial charge in [-0.15, -0.1) is 11.3 Å². The fraction of sp³-hybridized carbons (Fsp3) is 0.182. The topological polar surface area (TPSA) is 110 Å². The van der Waals surface area contributed by atoms with Gasteiger partial charge in [0.25, 0.3) is 5.56 Å². The first-order valence-corrected chi connectivity index (χ1v) is 10.4. The molecule has 8 nitrogen and oxygen atoms in total. The van der Waals surface area contributed by atoms with Gasteiger partial charge < -0.3 is 14.5 Å². The number of methoxy groups -OCH3 is 1. The molecule has 5 rings (SSSR count). The molecule has 1 N–H and O–H groups in total. The van der Waals surface area contributed by atoms with Crippen LogP contribution in [0.25, 0.3) is 26.3 Å². The summed E-state index contributed by atoms with van der Waals surface area (Å²) in [6, 6.07) is 8.98. The summed E-state index contributed by atoms with van der Waals surface area (Å²) < 4.78 is 12.5. The maximum atomic E-state index is 13.3. The molecule has 3 aromatic heterocycles. The number of nitrogens with zero attached hydrogens (tertiary/aromatic N) is 3. The average molecular weight is 432 g/mol. The van der Waals surface area contributed by atoms with E-state index in [4.69, 9.17) is 9.47 Å². The van der Waals surface area contributed by atoms with E-state index in [1.54, 1.807) is 37.6 Å². The lowest BCUT2D eigenvalue weighted by Crippen LogP contribution is -2.33. The molecule has 0 amide bonds. The normalized spacial score (nSPS) is 12.8. The quantitative estimate of drug-likeness (QED) is 0.533. The van der Waals surface area contributed by atoms with Gasteiger partial charge in [-0.05, 0) is 37.1 Å². The second-order valence-electron chi connectivity index (χ2n) is 7.05. The SMILES string of the molecule is COc1ccc(C#N)c(-c2cc3[nH]c(=O)n(-c4cncc5c4OCCC5)c(=O)c3s2)c1. The van der Waals surface area contributed by atoms with Gasteiger partial charge in [-0.1, -0.05) is 0 Å². The summed E-state index contributed by atoms with van der Waals surface area (Å²) in [5, 5.41) is 9.49.